The molecule has 0 saturated carbocycles. The van der Waals surface area contributed by atoms with Gasteiger partial charge < -0.3 is 4.52 Å². The predicted molar refractivity (Wildman–Crippen MR) is 123 cm³/mol. The number of aliphatic imine (C=N–C) groups is 1. The molecule has 4 rings (SSSR count). The highest BCUT2D eigenvalue weighted by molar-refractivity contribution is 6.66. The van der Waals surface area contributed by atoms with Crippen molar-refractivity contribution in [2.24, 2.45) is 4.99 Å². The lowest BCUT2D eigenvalue weighted by atomic mass is 10.1. The molecule has 1 aliphatic heterocycles. The summed E-state index contributed by atoms with van der Waals surface area (Å²) in [6.45, 7) is 2.58. The van der Waals surface area contributed by atoms with Gasteiger partial charge in [-0.05, 0) is 24.5 Å². The van der Waals surface area contributed by atoms with E-state index in [0.29, 0.717) is 36.3 Å². The number of hydrogen-bond donors (Lipinski definition) is 0. The number of hydrogen-bond acceptors (Lipinski definition) is 6. The summed E-state index contributed by atoms with van der Waals surface area (Å²) in [5, 5.41) is 4.11. The van der Waals surface area contributed by atoms with Gasteiger partial charge >= 0.3 is 11.9 Å². The van der Waals surface area contributed by atoms with Gasteiger partial charge in [-0.2, -0.15) is 18.2 Å². The number of halogens is 4. The molecule has 35 heavy (non-hydrogen) atoms. The first-order valence-corrected chi connectivity index (χ1v) is 11.6. The van der Waals surface area contributed by atoms with E-state index in [1.54, 1.807) is 6.07 Å². The van der Waals surface area contributed by atoms with E-state index < -0.39 is 23.0 Å². The third kappa shape index (κ3) is 5.55. The molecule has 0 spiro atoms. The van der Waals surface area contributed by atoms with Crippen LogP contribution in [0.2, 0.25) is 0 Å². The topological polar surface area (TPSA) is 95.3 Å². The highest BCUT2D eigenvalue weighted by Crippen LogP contribution is 2.30. The molecule has 0 radical (unpaired) electrons. The van der Waals surface area contributed by atoms with Crippen molar-refractivity contribution in [1.29, 1.82) is 0 Å². The molecule has 8 nitrogen and oxygen atoms in total. The molecule has 2 aromatic heterocycles. The molecule has 0 amide bonds. The lowest BCUT2D eigenvalue weighted by molar-refractivity contribution is -0.137. The molecule has 0 unspecified atom stereocenters. The van der Waals surface area contributed by atoms with Crippen LogP contribution in [0.4, 0.5) is 19.0 Å². The minimum atomic E-state index is -4.43. The van der Waals surface area contributed by atoms with Crippen LogP contribution in [0, 0.1) is 0 Å². The molecule has 3 aromatic rings. The van der Waals surface area contributed by atoms with Crippen molar-refractivity contribution in [2.75, 3.05) is 0 Å². The Kier molecular flexibility index (Phi) is 7.25. The molecular weight excluding hydrogens is 487 g/mol. The molecule has 1 aromatic carbocycles. The highest BCUT2D eigenvalue weighted by Gasteiger charge is 2.30. The lowest BCUT2D eigenvalue weighted by Gasteiger charge is -2.13. The maximum Gasteiger partial charge on any atom is 0.416 e. The van der Waals surface area contributed by atoms with Crippen LogP contribution < -0.4 is 11.2 Å². The average molecular weight is 510 g/mol. The van der Waals surface area contributed by atoms with E-state index in [4.69, 9.17) is 16.1 Å². The minimum absolute atomic E-state index is 0.0839. The van der Waals surface area contributed by atoms with Crippen molar-refractivity contribution in [3.63, 3.8) is 0 Å². The minimum Gasteiger partial charge on any atom is -0.339 e. The summed E-state index contributed by atoms with van der Waals surface area (Å²) in [6.07, 6.45) is -1.84. The number of aromatic nitrogens is 4. The maximum atomic E-state index is 13.0. The maximum absolute atomic E-state index is 13.0. The van der Waals surface area contributed by atoms with Crippen molar-refractivity contribution in [1.82, 2.24) is 19.3 Å². The lowest BCUT2D eigenvalue weighted by Crippen LogP contribution is -2.41. The molecule has 0 atom stereocenters. The van der Waals surface area contributed by atoms with Crippen LogP contribution >= 0.6 is 11.6 Å². The molecule has 0 saturated heterocycles. The van der Waals surface area contributed by atoms with Crippen LogP contribution in [0.5, 0.6) is 0 Å². The van der Waals surface area contributed by atoms with E-state index in [1.807, 2.05) is 6.92 Å². The fourth-order valence-electron chi connectivity index (χ4n) is 3.93. The van der Waals surface area contributed by atoms with Crippen molar-refractivity contribution in [3.8, 4) is 0 Å². The highest BCUT2D eigenvalue weighted by atomic mass is 35.5. The number of unbranched alkanes of at least 4 members (excludes halogenated alkanes) is 1. The van der Waals surface area contributed by atoms with E-state index in [1.165, 1.54) is 15.2 Å². The van der Waals surface area contributed by atoms with Gasteiger partial charge in [0.15, 0.2) is 5.82 Å². The number of fused-ring (bicyclic) bond motifs is 1. The van der Waals surface area contributed by atoms with Crippen molar-refractivity contribution < 1.29 is 17.7 Å². The number of alkyl halides is 3. The van der Waals surface area contributed by atoms with Crippen LogP contribution in [-0.2, 0) is 38.5 Å². The summed E-state index contributed by atoms with van der Waals surface area (Å²) in [4.78, 5) is 34.3. The first-order chi connectivity index (χ1) is 16.7. The van der Waals surface area contributed by atoms with E-state index in [2.05, 4.69) is 15.1 Å². The zero-order valence-corrected chi connectivity index (χ0v) is 19.7. The zero-order chi connectivity index (χ0) is 25.2. The van der Waals surface area contributed by atoms with Gasteiger partial charge in [-0.3, -0.25) is 13.9 Å². The van der Waals surface area contributed by atoms with E-state index >= 15 is 0 Å². The summed E-state index contributed by atoms with van der Waals surface area (Å²) >= 11 is 6.04. The van der Waals surface area contributed by atoms with Crippen molar-refractivity contribution >= 4 is 22.6 Å². The van der Waals surface area contributed by atoms with Gasteiger partial charge in [0.05, 0.1) is 11.1 Å². The normalized spacial score (nSPS) is 13.2. The second kappa shape index (κ2) is 10.2. The van der Waals surface area contributed by atoms with Crippen LogP contribution in [-0.4, -0.2) is 24.4 Å². The molecule has 1 aliphatic rings. The Morgan fingerprint density at radius 2 is 1.91 bits per heavy atom. The monoisotopic (exact) mass is 509 g/mol. The Labute approximate surface area is 203 Å². The summed E-state index contributed by atoms with van der Waals surface area (Å²) in [6, 6.07) is 4.95. The zero-order valence-electron chi connectivity index (χ0n) is 18.9. The van der Waals surface area contributed by atoms with E-state index in [0.717, 1.165) is 25.0 Å². The van der Waals surface area contributed by atoms with E-state index in [-0.39, 0.29) is 36.3 Å². The third-order valence-corrected chi connectivity index (χ3v) is 5.89. The van der Waals surface area contributed by atoms with Crippen LogP contribution in [0.15, 0.2) is 43.4 Å². The molecule has 3 heterocycles. The van der Waals surface area contributed by atoms with Gasteiger partial charge in [-0.1, -0.05) is 48.3 Å². The average Bonchev–Trinajstić information content (AvgIpc) is 3.42. The summed E-state index contributed by atoms with van der Waals surface area (Å²) in [5.74, 6) is 0.868. The van der Waals surface area contributed by atoms with Gasteiger partial charge in [0.1, 0.15) is 11.0 Å². The van der Waals surface area contributed by atoms with Gasteiger partial charge in [-0.15, -0.1) is 0 Å². The fraction of sp³-hybridized carbons (Fsp3) is 0.435. The second-order valence-corrected chi connectivity index (χ2v) is 8.73. The molecule has 0 fully saturated rings. The first kappa shape index (κ1) is 24.9. The van der Waals surface area contributed by atoms with Crippen molar-refractivity contribution in [3.05, 3.63) is 73.5 Å². The first-order valence-electron chi connectivity index (χ1n) is 11.2. The standard InChI is InChI=1S/C23H23ClF3N5O3/c1-2-3-9-31-20-16(13-17(24)28-20)21(33)32(22(31)34)10-5-8-19-29-18(30-35-19)12-14-6-4-7-15(11-14)23(25,26)27/h4,6-7,11H,2-3,5,8-10,12-13H2,1H3. The Morgan fingerprint density at radius 1 is 1.14 bits per heavy atom. The number of nitrogens with zero attached hydrogens (tertiary/aromatic N) is 5. The largest absolute Gasteiger partial charge is 0.416 e. The van der Waals surface area contributed by atoms with Crippen LogP contribution in [0.1, 0.15) is 54.6 Å². The van der Waals surface area contributed by atoms with Gasteiger partial charge in [-0.25, -0.2) is 9.79 Å². The second-order valence-electron chi connectivity index (χ2n) is 8.29. The Bertz CT molecular complexity index is 1370. The molecular formula is C23H23ClF3N5O3. The van der Waals surface area contributed by atoms with Gasteiger partial charge in [0, 0.05) is 32.4 Å². The molecule has 186 valence electrons. The van der Waals surface area contributed by atoms with E-state index in [9.17, 15) is 22.8 Å². The van der Waals surface area contributed by atoms with Gasteiger partial charge in [0.2, 0.25) is 5.89 Å². The number of aryl methyl sites for hydroxylation is 1. The number of rotatable bonds is 9. The summed E-state index contributed by atoms with van der Waals surface area (Å²) in [5.41, 5.74) is -0.770. The molecule has 0 N–H and O–H groups in total. The smallest absolute Gasteiger partial charge is 0.339 e. The SMILES string of the molecule is CCCCn1c2c(c(=O)n(CCCc3nc(Cc4cccc(C(F)(F)F)c4)no3)c1=O)CC(Cl)=N2. The van der Waals surface area contributed by atoms with Gasteiger partial charge in [0.25, 0.3) is 5.56 Å². The predicted octanol–water partition coefficient (Wildman–Crippen LogP) is 4.26. The fourth-order valence-corrected chi connectivity index (χ4v) is 4.15. The number of benzene rings is 1. The Hall–Kier alpha value is -3.21. The van der Waals surface area contributed by atoms with Crippen molar-refractivity contribution in [2.45, 2.75) is 64.7 Å². The molecule has 0 bridgehead atoms. The summed E-state index contributed by atoms with van der Waals surface area (Å²) < 4.78 is 46.6. The Balaban J connectivity index is 1.44. The van der Waals surface area contributed by atoms with Crippen LogP contribution in [0.25, 0.3) is 0 Å². The third-order valence-electron chi connectivity index (χ3n) is 5.67. The molecule has 12 heteroatoms. The quantitative estimate of drug-likeness (QED) is 0.429. The van der Waals surface area contributed by atoms with Crippen LogP contribution in [0.3, 0.4) is 0 Å². The molecule has 0 aliphatic carbocycles. The Morgan fingerprint density at radius 3 is 2.66 bits per heavy atom. The summed E-state index contributed by atoms with van der Waals surface area (Å²) in [7, 11) is 0.